The summed E-state index contributed by atoms with van der Waals surface area (Å²) in [6.07, 6.45) is 7.18. The van der Waals surface area contributed by atoms with Crippen LogP contribution in [0, 0.1) is 12.8 Å². The van der Waals surface area contributed by atoms with Gasteiger partial charge < -0.3 is 14.3 Å². The molecule has 0 saturated heterocycles. The van der Waals surface area contributed by atoms with Gasteiger partial charge in [-0.05, 0) is 63.0 Å². The largest absolute Gasteiger partial charge is 0.486 e. The quantitative estimate of drug-likeness (QED) is 0.714. The fraction of sp³-hybridized carbons (Fsp3) is 0.591. The van der Waals surface area contributed by atoms with Gasteiger partial charge in [0.2, 0.25) is 0 Å². The topological polar surface area (TPSA) is 59.7 Å². The van der Waals surface area contributed by atoms with Gasteiger partial charge in [-0.1, -0.05) is 13.3 Å². The van der Waals surface area contributed by atoms with Crippen LogP contribution in [0.4, 0.5) is 0 Å². The van der Waals surface area contributed by atoms with Gasteiger partial charge >= 0.3 is 5.63 Å². The van der Waals surface area contributed by atoms with Crippen molar-refractivity contribution in [3.8, 4) is 5.75 Å². The molecule has 1 aliphatic heterocycles. The Hall–Kier alpha value is -1.81. The molecule has 5 rings (SSSR count). The Balaban J connectivity index is 1.71. The van der Waals surface area contributed by atoms with Crippen molar-refractivity contribution in [3.63, 3.8) is 0 Å². The minimum atomic E-state index is -0.517. The van der Waals surface area contributed by atoms with E-state index >= 15 is 0 Å². The van der Waals surface area contributed by atoms with Gasteiger partial charge in [0.1, 0.15) is 16.9 Å². The third kappa shape index (κ3) is 2.27. The Bertz CT molecular complexity index is 957. The molecule has 1 spiro atoms. The van der Waals surface area contributed by atoms with Gasteiger partial charge in [0.25, 0.3) is 0 Å². The van der Waals surface area contributed by atoms with Gasteiger partial charge in [-0.25, -0.2) is 4.79 Å². The molecule has 0 radical (unpaired) electrons. The maximum atomic E-state index is 12.4. The number of aryl methyl sites for hydroxylation is 2. The summed E-state index contributed by atoms with van der Waals surface area (Å²) < 4.78 is 12.3. The zero-order valence-corrected chi connectivity index (χ0v) is 15.6. The summed E-state index contributed by atoms with van der Waals surface area (Å²) >= 11 is 0. The van der Waals surface area contributed by atoms with E-state index in [0.29, 0.717) is 17.9 Å². The Morgan fingerprint density at radius 3 is 2.81 bits per heavy atom. The predicted octanol–water partition coefficient (Wildman–Crippen LogP) is 4.35. The molecule has 1 N–H and O–H groups in total. The number of hydrogen-bond donors (Lipinski definition) is 1. The van der Waals surface area contributed by atoms with Crippen LogP contribution in [0.25, 0.3) is 11.0 Å². The lowest BCUT2D eigenvalue weighted by molar-refractivity contribution is -0.0499. The summed E-state index contributed by atoms with van der Waals surface area (Å²) in [6.45, 7) is 4.23. The molecule has 4 nitrogen and oxygen atoms in total. The van der Waals surface area contributed by atoms with Crippen molar-refractivity contribution in [1.82, 2.24) is 0 Å². The van der Waals surface area contributed by atoms with Gasteiger partial charge in [0.15, 0.2) is 0 Å². The molecule has 3 aliphatic rings. The van der Waals surface area contributed by atoms with E-state index in [1.54, 1.807) is 0 Å². The Morgan fingerprint density at radius 2 is 2.00 bits per heavy atom. The van der Waals surface area contributed by atoms with E-state index in [1.807, 2.05) is 13.0 Å². The van der Waals surface area contributed by atoms with Crippen molar-refractivity contribution in [2.45, 2.75) is 76.9 Å². The lowest BCUT2D eigenvalue weighted by Crippen LogP contribution is -2.44. The van der Waals surface area contributed by atoms with Gasteiger partial charge in [-0.2, -0.15) is 0 Å². The first-order valence-corrected chi connectivity index (χ1v) is 9.96. The second-order valence-electron chi connectivity index (χ2n) is 8.70. The van der Waals surface area contributed by atoms with E-state index in [2.05, 4.69) is 6.92 Å². The van der Waals surface area contributed by atoms with Crippen LogP contribution in [0.15, 0.2) is 15.3 Å². The molecule has 26 heavy (non-hydrogen) atoms. The summed E-state index contributed by atoms with van der Waals surface area (Å²) in [5, 5.41) is 12.0. The first-order valence-electron chi connectivity index (χ1n) is 9.96. The zero-order valence-electron chi connectivity index (χ0n) is 15.6. The number of fused-ring (bicyclic) bond motifs is 4. The molecule has 3 atom stereocenters. The minimum Gasteiger partial charge on any atom is -0.486 e. The number of aliphatic hydroxyl groups excluding tert-OH is 1. The molecule has 0 unspecified atom stereocenters. The normalized spacial score (nSPS) is 30.3. The molecule has 1 saturated carbocycles. The Kier molecular flexibility index (Phi) is 3.52. The van der Waals surface area contributed by atoms with Crippen LogP contribution in [-0.2, 0) is 12.8 Å². The molecule has 1 aromatic heterocycles. The maximum Gasteiger partial charge on any atom is 0.339 e. The number of aliphatic hydroxyl groups is 1. The van der Waals surface area contributed by atoms with E-state index in [1.165, 1.54) is 6.42 Å². The second kappa shape index (κ2) is 5.59. The SMILES string of the molecule is Cc1c2c(cc3c4c(c(=O)oc13)CCC4)[C@@H](O)C[C@@]1(CCC[C@@H](C)C1)O2. The molecule has 138 valence electrons. The molecule has 2 aliphatic carbocycles. The van der Waals surface area contributed by atoms with Crippen LogP contribution >= 0.6 is 0 Å². The van der Waals surface area contributed by atoms with E-state index in [-0.39, 0.29) is 11.2 Å². The highest BCUT2D eigenvalue weighted by molar-refractivity contribution is 5.88. The highest BCUT2D eigenvalue weighted by Gasteiger charge is 2.44. The first kappa shape index (κ1) is 16.4. The standard InChI is InChI=1S/C22H26O4/c1-12-5-4-8-22(10-12)11-18(23)17-9-16-14-6-3-7-15(14)21(24)25-19(16)13(2)20(17)26-22/h9,12,18,23H,3-8,10-11H2,1-2H3/t12-,18+,22+/m1/s1. The van der Waals surface area contributed by atoms with Gasteiger partial charge in [-0.15, -0.1) is 0 Å². The van der Waals surface area contributed by atoms with Crippen molar-refractivity contribution in [2.24, 2.45) is 5.92 Å². The molecule has 4 heteroatoms. The lowest BCUT2D eigenvalue weighted by Gasteiger charge is -2.45. The first-order chi connectivity index (χ1) is 12.5. The van der Waals surface area contributed by atoms with Crippen LogP contribution in [0.5, 0.6) is 5.75 Å². The Labute approximate surface area is 153 Å². The summed E-state index contributed by atoms with van der Waals surface area (Å²) in [6, 6.07) is 2.02. The van der Waals surface area contributed by atoms with Crippen LogP contribution in [-0.4, -0.2) is 10.7 Å². The van der Waals surface area contributed by atoms with E-state index in [0.717, 1.165) is 71.9 Å². The molecule has 2 heterocycles. The van der Waals surface area contributed by atoms with E-state index in [4.69, 9.17) is 9.15 Å². The Morgan fingerprint density at radius 1 is 1.19 bits per heavy atom. The minimum absolute atomic E-state index is 0.203. The van der Waals surface area contributed by atoms with Crippen molar-refractivity contribution < 1.29 is 14.3 Å². The number of rotatable bonds is 0. The number of ether oxygens (including phenoxy) is 1. The lowest BCUT2D eigenvalue weighted by atomic mass is 9.73. The van der Waals surface area contributed by atoms with Gasteiger partial charge in [0, 0.05) is 28.5 Å². The average Bonchev–Trinajstić information content (AvgIpc) is 3.08. The van der Waals surface area contributed by atoms with Crippen molar-refractivity contribution in [1.29, 1.82) is 0 Å². The third-order valence-electron chi connectivity index (χ3n) is 6.76. The van der Waals surface area contributed by atoms with Crippen LogP contribution in [0.1, 0.15) is 73.8 Å². The highest BCUT2D eigenvalue weighted by atomic mass is 16.5. The summed E-state index contributed by atoms with van der Waals surface area (Å²) in [5.41, 5.74) is 3.82. The van der Waals surface area contributed by atoms with Crippen molar-refractivity contribution in [2.75, 3.05) is 0 Å². The average molecular weight is 354 g/mol. The molecule has 2 aromatic rings. The smallest absolute Gasteiger partial charge is 0.339 e. The van der Waals surface area contributed by atoms with Gasteiger partial charge in [-0.3, -0.25) is 0 Å². The molecular weight excluding hydrogens is 328 g/mol. The molecule has 1 aromatic carbocycles. The molecule has 0 bridgehead atoms. The van der Waals surface area contributed by atoms with Crippen LogP contribution in [0.3, 0.4) is 0 Å². The summed E-state index contributed by atoms with van der Waals surface area (Å²) in [4.78, 5) is 12.4. The predicted molar refractivity (Wildman–Crippen MR) is 99.8 cm³/mol. The van der Waals surface area contributed by atoms with E-state index < -0.39 is 6.10 Å². The third-order valence-corrected chi connectivity index (χ3v) is 6.76. The van der Waals surface area contributed by atoms with Crippen molar-refractivity contribution >= 4 is 11.0 Å². The van der Waals surface area contributed by atoms with Gasteiger partial charge in [0.05, 0.1) is 6.10 Å². The number of benzene rings is 1. The fourth-order valence-electron chi connectivity index (χ4n) is 5.58. The maximum absolute atomic E-state index is 12.4. The highest BCUT2D eigenvalue weighted by Crippen LogP contribution is 2.50. The van der Waals surface area contributed by atoms with Crippen LogP contribution < -0.4 is 10.4 Å². The van der Waals surface area contributed by atoms with Crippen LogP contribution in [0.2, 0.25) is 0 Å². The number of hydrogen-bond acceptors (Lipinski definition) is 4. The summed E-state index contributed by atoms with van der Waals surface area (Å²) in [7, 11) is 0. The summed E-state index contributed by atoms with van der Waals surface area (Å²) in [5.74, 6) is 1.35. The fourth-order valence-corrected chi connectivity index (χ4v) is 5.58. The monoisotopic (exact) mass is 354 g/mol. The van der Waals surface area contributed by atoms with Crippen molar-refractivity contribution in [3.05, 3.63) is 38.7 Å². The zero-order chi connectivity index (χ0) is 18.1. The van der Waals surface area contributed by atoms with E-state index in [9.17, 15) is 9.90 Å². The molecular formula is C22H26O4. The second-order valence-corrected chi connectivity index (χ2v) is 8.70. The molecule has 1 fully saturated rings. The molecule has 0 amide bonds.